The fourth-order valence-electron chi connectivity index (χ4n) is 1.82. The Morgan fingerprint density at radius 2 is 2.00 bits per heavy atom. The van der Waals surface area contributed by atoms with Crippen LogP contribution in [0.3, 0.4) is 0 Å². The summed E-state index contributed by atoms with van der Waals surface area (Å²) in [6.07, 6.45) is 0. The molecule has 1 aromatic rings. The number of hydrogen-bond acceptors (Lipinski definition) is 4. The quantitative estimate of drug-likeness (QED) is 0.706. The molecule has 104 valence electrons. The molecule has 0 fully saturated rings. The van der Waals surface area contributed by atoms with Crippen LogP contribution in [0.4, 0.5) is 16.2 Å². The maximum absolute atomic E-state index is 11.9. The van der Waals surface area contributed by atoms with Crippen molar-refractivity contribution in [3.8, 4) is 0 Å². The standard InChI is InChI=1S/C13H20N4O2/c1-4-17(11-8-6-5-7-10(11)14)9(2)12(18)16-13(19)15-3/h5-9H,4,14H2,1-3H3,(H2,15,16,18,19). The van der Waals surface area contributed by atoms with Gasteiger partial charge in [0.05, 0.1) is 11.4 Å². The number of benzene rings is 1. The summed E-state index contributed by atoms with van der Waals surface area (Å²) in [6.45, 7) is 4.26. The summed E-state index contributed by atoms with van der Waals surface area (Å²) < 4.78 is 0. The van der Waals surface area contributed by atoms with Gasteiger partial charge in [-0.2, -0.15) is 0 Å². The van der Waals surface area contributed by atoms with E-state index in [-0.39, 0.29) is 5.91 Å². The highest BCUT2D eigenvalue weighted by molar-refractivity contribution is 5.98. The molecule has 1 aromatic carbocycles. The van der Waals surface area contributed by atoms with Gasteiger partial charge in [0, 0.05) is 13.6 Å². The van der Waals surface area contributed by atoms with Crippen molar-refractivity contribution in [1.82, 2.24) is 10.6 Å². The third-order valence-corrected chi connectivity index (χ3v) is 2.90. The molecule has 0 bridgehead atoms. The van der Waals surface area contributed by atoms with E-state index in [0.717, 1.165) is 5.69 Å². The van der Waals surface area contributed by atoms with Crippen molar-refractivity contribution in [3.05, 3.63) is 24.3 Å². The maximum Gasteiger partial charge on any atom is 0.321 e. The van der Waals surface area contributed by atoms with Crippen molar-refractivity contribution in [3.63, 3.8) is 0 Å². The summed E-state index contributed by atoms with van der Waals surface area (Å²) in [4.78, 5) is 24.9. The number of hydrogen-bond donors (Lipinski definition) is 3. The second-order valence-electron chi connectivity index (χ2n) is 4.09. The van der Waals surface area contributed by atoms with Crippen LogP contribution >= 0.6 is 0 Å². The van der Waals surface area contributed by atoms with Crippen LogP contribution in [0, 0.1) is 0 Å². The summed E-state index contributed by atoms with van der Waals surface area (Å²) in [6, 6.07) is 6.31. The van der Waals surface area contributed by atoms with E-state index in [4.69, 9.17) is 5.73 Å². The lowest BCUT2D eigenvalue weighted by Crippen LogP contribution is -2.49. The minimum absolute atomic E-state index is 0.371. The second-order valence-corrected chi connectivity index (χ2v) is 4.09. The predicted octanol–water partition coefficient (Wildman–Crippen LogP) is 0.939. The van der Waals surface area contributed by atoms with Crippen LogP contribution in [0.15, 0.2) is 24.3 Å². The molecule has 3 amide bonds. The first-order chi connectivity index (χ1) is 9.01. The van der Waals surface area contributed by atoms with E-state index in [2.05, 4.69) is 10.6 Å². The molecule has 0 radical (unpaired) electrons. The molecule has 0 saturated heterocycles. The van der Waals surface area contributed by atoms with Gasteiger partial charge in [-0.25, -0.2) is 4.79 Å². The van der Waals surface area contributed by atoms with Gasteiger partial charge in [-0.1, -0.05) is 12.1 Å². The number of para-hydroxylation sites is 2. The van der Waals surface area contributed by atoms with Crippen LogP contribution in [0.1, 0.15) is 13.8 Å². The number of nitrogens with zero attached hydrogens (tertiary/aromatic N) is 1. The average Bonchev–Trinajstić information content (AvgIpc) is 2.41. The van der Waals surface area contributed by atoms with Gasteiger partial charge in [0.1, 0.15) is 6.04 Å². The number of likely N-dealkylation sites (N-methyl/N-ethyl adjacent to an activating group) is 1. The highest BCUT2D eigenvalue weighted by atomic mass is 16.2. The largest absolute Gasteiger partial charge is 0.397 e. The molecular formula is C13H20N4O2. The number of urea groups is 1. The molecule has 0 aliphatic carbocycles. The molecule has 6 nitrogen and oxygen atoms in total. The van der Waals surface area contributed by atoms with Crippen LogP contribution in [-0.4, -0.2) is 31.6 Å². The van der Waals surface area contributed by atoms with Gasteiger partial charge >= 0.3 is 6.03 Å². The van der Waals surface area contributed by atoms with E-state index in [0.29, 0.717) is 12.2 Å². The Morgan fingerprint density at radius 1 is 1.37 bits per heavy atom. The summed E-state index contributed by atoms with van der Waals surface area (Å²) in [5, 5.41) is 4.61. The van der Waals surface area contributed by atoms with Gasteiger partial charge in [0.25, 0.3) is 0 Å². The molecule has 0 aliphatic rings. The molecule has 1 atom stereocenters. The first kappa shape index (κ1) is 14.8. The number of nitrogens with one attached hydrogen (secondary N) is 2. The second kappa shape index (κ2) is 6.63. The van der Waals surface area contributed by atoms with Gasteiger partial charge in [0.2, 0.25) is 5.91 Å². The summed E-state index contributed by atoms with van der Waals surface area (Å²) in [5.74, 6) is -0.371. The fraction of sp³-hybridized carbons (Fsp3) is 0.385. The van der Waals surface area contributed by atoms with Crippen LogP contribution in [-0.2, 0) is 4.79 Å². The smallest absolute Gasteiger partial charge is 0.321 e. The van der Waals surface area contributed by atoms with Gasteiger partial charge in [-0.15, -0.1) is 0 Å². The van der Waals surface area contributed by atoms with E-state index in [1.165, 1.54) is 7.05 Å². The molecule has 0 aliphatic heterocycles. The number of amides is 3. The average molecular weight is 264 g/mol. The summed E-state index contributed by atoms with van der Waals surface area (Å²) in [5.41, 5.74) is 7.29. The molecule has 0 spiro atoms. The number of carbonyl (C=O) groups is 2. The van der Waals surface area contributed by atoms with Crippen molar-refractivity contribution < 1.29 is 9.59 Å². The Balaban J connectivity index is 2.88. The zero-order valence-electron chi connectivity index (χ0n) is 11.4. The Bertz CT molecular complexity index is 462. The molecule has 1 rings (SSSR count). The Morgan fingerprint density at radius 3 is 2.53 bits per heavy atom. The number of nitrogens with two attached hydrogens (primary N) is 1. The topological polar surface area (TPSA) is 87.5 Å². The van der Waals surface area contributed by atoms with Crippen molar-refractivity contribution in [2.45, 2.75) is 19.9 Å². The van der Waals surface area contributed by atoms with E-state index >= 15 is 0 Å². The molecule has 0 aromatic heterocycles. The monoisotopic (exact) mass is 264 g/mol. The van der Waals surface area contributed by atoms with Crippen molar-refractivity contribution in [2.24, 2.45) is 0 Å². The van der Waals surface area contributed by atoms with E-state index in [9.17, 15) is 9.59 Å². The number of rotatable bonds is 4. The molecule has 4 N–H and O–H groups in total. The summed E-state index contributed by atoms with van der Waals surface area (Å²) >= 11 is 0. The first-order valence-electron chi connectivity index (χ1n) is 6.15. The normalized spacial score (nSPS) is 11.5. The van der Waals surface area contributed by atoms with Crippen LogP contribution in [0.2, 0.25) is 0 Å². The van der Waals surface area contributed by atoms with E-state index in [1.807, 2.05) is 30.0 Å². The Labute approximate surface area is 113 Å². The van der Waals surface area contributed by atoms with Crippen LogP contribution in [0.25, 0.3) is 0 Å². The highest BCUT2D eigenvalue weighted by Gasteiger charge is 2.22. The summed E-state index contributed by atoms with van der Waals surface area (Å²) in [7, 11) is 1.46. The lowest BCUT2D eigenvalue weighted by Gasteiger charge is -2.29. The third kappa shape index (κ3) is 3.61. The third-order valence-electron chi connectivity index (χ3n) is 2.90. The van der Waals surface area contributed by atoms with Crippen LogP contribution < -0.4 is 21.3 Å². The lowest BCUT2D eigenvalue weighted by atomic mass is 10.2. The zero-order chi connectivity index (χ0) is 14.4. The van der Waals surface area contributed by atoms with E-state index in [1.54, 1.807) is 13.0 Å². The Kier molecular flexibility index (Phi) is 5.17. The molecule has 0 heterocycles. The minimum atomic E-state index is -0.520. The molecule has 0 saturated carbocycles. The minimum Gasteiger partial charge on any atom is -0.397 e. The van der Waals surface area contributed by atoms with Crippen LogP contribution in [0.5, 0.6) is 0 Å². The SMILES string of the molecule is CCN(c1ccccc1N)C(C)C(=O)NC(=O)NC. The molecule has 1 unspecified atom stereocenters. The molecule has 19 heavy (non-hydrogen) atoms. The molecule has 6 heteroatoms. The molecular weight excluding hydrogens is 244 g/mol. The number of carbonyl (C=O) groups excluding carboxylic acids is 2. The number of anilines is 2. The van der Waals surface area contributed by atoms with Gasteiger partial charge in [-0.3, -0.25) is 10.1 Å². The fourth-order valence-corrected chi connectivity index (χ4v) is 1.82. The van der Waals surface area contributed by atoms with E-state index < -0.39 is 12.1 Å². The van der Waals surface area contributed by atoms with Crippen molar-refractivity contribution in [1.29, 1.82) is 0 Å². The zero-order valence-corrected chi connectivity index (χ0v) is 11.4. The van der Waals surface area contributed by atoms with Crippen molar-refractivity contribution in [2.75, 3.05) is 24.2 Å². The van der Waals surface area contributed by atoms with Gasteiger partial charge in [0.15, 0.2) is 0 Å². The predicted molar refractivity (Wildman–Crippen MR) is 75.9 cm³/mol. The Hall–Kier alpha value is -2.24. The van der Waals surface area contributed by atoms with Gasteiger partial charge < -0.3 is 16.0 Å². The first-order valence-corrected chi connectivity index (χ1v) is 6.15. The lowest BCUT2D eigenvalue weighted by molar-refractivity contribution is -0.120. The number of nitrogen functional groups attached to an aromatic ring is 1. The highest BCUT2D eigenvalue weighted by Crippen LogP contribution is 2.24. The van der Waals surface area contributed by atoms with Gasteiger partial charge in [-0.05, 0) is 26.0 Å². The van der Waals surface area contributed by atoms with Crippen molar-refractivity contribution >= 4 is 23.3 Å². The maximum atomic E-state index is 11.9. The number of imide groups is 1.